The Balaban J connectivity index is 1.32. The molecule has 1 aliphatic rings. The van der Waals surface area contributed by atoms with Gasteiger partial charge in [-0.2, -0.15) is 0 Å². The number of nitrogens with one attached hydrogen (secondary N) is 2. The van der Waals surface area contributed by atoms with Crippen molar-refractivity contribution in [2.24, 2.45) is 0 Å². The van der Waals surface area contributed by atoms with Crippen LogP contribution in [0.4, 0.5) is 4.79 Å². The van der Waals surface area contributed by atoms with Gasteiger partial charge in [-0.3, -0.25) is 0 Å². The molecule has 2 amide bonds. The smallest absolute Gasteiger partial charge is 0.317 e. The largest absolute Gasteiger partial charge is 0.358 e. The highest BCUT2D eigenvalue weighted by Gasteiger charge is 2.24. The van der Waals surface area contributed by atoms with Crippen molar-refractivity contribution in [3.63, 3.8) is 0 Å². The molecular weight excluding hydrogens is 381 g/mol. The lowest BCUT2D eigenvalue weighted by Gasteiger charge is -2.31. The Bertz CT molecular complexity index is 944. The first kappa shape index (κ1) is 18.2. The molecule has 140 valence electrons. The summed E-state index contributed by atoms with van der Waals surface area (Å²) in [6.45, 7) is 2.03. The summed E-state index contributed by atoms with van der Waals surface area (Å²) in [5.41, 5.74) is 3.38. The third-order valence-corrected chi connectivity index (χ3v) is 5.67. The van der Waals surface area contributed by atoms with Crippen LogP contribution >= 0.6 is 23.2 Å². The molecule has 0 atom stereocenters. The van der Waals surface area contributed by atoms with E-state index in [9.17, 15) is 4.79 Å². The third-order valence-electron chi connectivity index (χ3n) is 5.18. The quantitative estimate of drug-likeness (QED) is 0.592. The number of benzene rings is 2. The molecule has 0 radical (unpaired) electrons. The second kappa shape index (κ2) is 7.83. The maximum Gasteiger partial charge on any atom is 0.317 e. The van der Waals surface area contributed by atoms with E-state index in [-0.39, 0.29) is 6.03 Å². The van der Waals surface area contributed by atoms with Crippen molar-refractivity contribution in [3.05, 3.63) is 69.8 Å². The molecule has 2 aromatic carbocycles. The van der Waals surface area contributed by atoms with Gasteiger partial charge in [0, 0.05) is 52.2 Å². The minimum atomic E-state index is -0.00757. The predicted molar refractivity (Wildman–Crippen MR) is 111 cm³/mol. The van der Waals surface area contributed by atoms with E-state index in [0.29, 0.717) is 17.5 Å². The van der Waals surface area contributed by atoms with Crippen LogP contribution in [0, 0.1) is 0 Å². The Morgan fingerprint density at radius 3 is 2.48 bits per heavy atom. The zero-order valence-electron chi connectivity index (χ0n) is 14.8. The van der Waals surface area contributed by atoms with E-state index >= 15 is 0 Å². The van der Waals surface area contributed by atoms with Crippen molar-refractivity contribution < 1.29 is 4.79 Å². The number of H-pyrrole nitrogens is 1. The van der Waals surface area contributed by atoms with E-state index in [2.05, 4.69) is 16.4 Å². The molecule has 1 aliphatic heterocycles. The minimum absolute atomic E-state index is 0.00757. The van der Waals surface area contributed by atoms with E-state index in [1.807, 2.05) is 47.4 Å². The molecule has 4 rings (SSSR count). The number of aromatic nitrogens is 1. The Morgan fingerprint density at radius 2 is 1.74 bits per heavy atom. The molecule has 2 heterocycles. The number of carbonyl (C=O) groups excluding carboxylic acids is 1. The van der Waals surface area contributed by atoms with Gasteiger partial charge in [0.1, 0.15) is 0 Å². The van der Waals surface area contributed by atoms with Gasteiger partial charge in [0.15, 0.2) is 0 Å². The Morgan fingerprint density at radius 1 is 1.04 bits per heavy atom. The summed E-state index contributed by atoms with van der Waals surface area (Å²) in [6, 6.07) is 15.6. The maximum absolute atomic E-state index is 12.4. The van der Waals surface area contributed by atoms with Crippen LogP contribution in [0.15, 0.2) is 48.5 Å². The number of halogens is 2. The first-order valence-corrected chi connectivity index (χ1v) is 9.89. The summed E-state index contributed by atoms with van der Waals surface area (Å²) in [5, 5.41) is 5.58. The van der Waals surface area contributed by atoms with Crippen LogP contribution in [0.25, 0.3) is 10.9 Å². The summed E-state index contributed by atoms with van der Waals surface area (Å²) in [5.74, 6) is 0.441. The fraction of sp³-hybridized carbons (Fsp3) is 0.286. The maximum atomic E-state index is 12.4. The van der Waals surface area contributed by atoms with Gasteiger partial charge in [0.05, 0.1) is 0 Å². The lowest BCUT2D eigenvalue weighted by molar-refractivity contribution is 0.180. The summed E-state index contributed by atoms with van der Waals surface area (Å²) in [6.07, 6.45) is 1.91. The number of rotatable bonds is 3. The molecule has 3 aromatic rings. The zero-order chi connectivity index (χ0) is 18.8. The van der Waals surface area contributed by atoms with Crippen molar-refractivity contribution in [1.29, 1.82) is 0 Å². The first-order chi connectivity index (χ1) is 13.1. The first-order valence-electron chi connectivity index (χ1n) is 9.14. The van der Waals surface area contributed by atoms with E-state index < -0.39 is 0 Å². The molecule has 0 bridgehead atoms. The second-order valence-corrected chi connectivity index (χ2v) is 7.88. The van der Waals surface area contributed by atoms with Crippen LogP contribution in [0.2, 0.25) is 10.0 Å². The van der Waals surface area contributed by atoms with Gasteiger partial charge < -0.3 is 15.2 Å². The molecule has 4 nitrogen and oxygen atoms in total. The zero-order valence-corrected chi connectivity index (χ0v) is 16.4. The number of likely N-dealkylation sites (tertiary alicyclic amines) is 1. The molecular formula is C21H21Cl2N3O. The number of hydrogen-bond donors (Lipinski definition) is 2. The van der Waals surface area contributed by atoms with Gasteiger partial charge in [0.25, 0.3) is 0 Å². The SMILES string of the molecule is O=C(NCc1ccc(Cl)cc1)N1CCC(c2cc3cc(Cl)ccc3[nH]2)CC1. The third kappa shape index (κ3) is 4.23. The van der Waals surface area contributed by atoms with Gasteiger partial charge in [0.2, 0.25) is 0 Å². The number of piperidine rings is 1. The Kier molecular flexibility index (Phi) is 5.28. The van der Waals surface area contributed by atoms with Crippen molar-refractivity contribution in [3.8, 4) is 0 Å². The van der Waals surface area contributed by atoms with E-state index in [1.165, 1.54) is 5.69 Å². The van der Waals surface area contributed by atoms with Crippen LogP contribution in [0.5, 0.6) is 0 Å². The molecule has 0 saturated carbocycles. The fourth-order valence-corrected chi connectivity index (χ4v) is 3.94. The number of fused-ring (bicyclic) bond motifs is 1. The van der Waals surface area contributed by atoms with E-state index in [4.69, 9.17) is 23.2 Å². The normalized spacial score (nSPS) is 15.3. The van der Waals surface area contributed by atoms with Crippen LogP contribution in [0.3, 0.4) is 0 Å². The molecule has 1 aromatic heterocycles. The summed E-state index contributed by atoms with van der Waals surface area (Å²) in [7, 11) is 0. The molecule has 2 N–H and O–H groups in total. The fourth-order valence-electron chi connectivity index (χ4n) is 3.63. The van der Waals surface area contributed by atoms with Crippen molar-refractivity contribution >= 4 is 40.1 Å². The van der Waals surface area contributed by atoms with Gasteiger partial charge in [-0.05, 0) is 54.8 Å². The summed E-state index contributed by atoms with van der Waals surface area (Å²) in [4.78, 5) is 17.8. The lowest BCUT2D eigenvalue weighted by atomic mass is 9.94. The van der Waals surface area contributed by atoms with Crippen molar-refractivity contribution in [2.75, 3.05) is 13.1 Å². The molecule has 1 fully saturated rings. The predicted octanol–water partition coefficient (Wildman–Crippen LogP) is 5.56. The topological polar surface area (TPSA) is 48.1 Å². The molecule has 0 aliphatic carbocycles. The number of aromatic amines is 1. The van der Waals surface area contributed by atoms with Crippen molar-refractivity contribution in [2.45, 2.75) is 25.3 Å². The average molecular weight is 402 g/mol. The summed E-state index contributed by atoms with van der Waals surface area (Å²) < 4.78 is 0. The molecule has 0 unspecified atom stereocenters. The van der Waals surface area contributed by atoms with Crippen LogP contribution in [-0.2, 0) is 6.54 Å². The number of amides is 2. The van der Waals surface area contributed by atoms with E-state index in [0.717, 1.165) is 47.4 Å². The van der Waals surface area contributed by atoms with Crippen LogP contribution in [-0.4, -0.2) is 29.0 Å². The number of hydrogen-bond acceptors (Lipinski definition) is 1. The Hall–Kier alpha value is -2.17. The van der Waals surface area contributed by atoms with E-state index in [1.54, 1.807) is 0 Å². The standard InChI is InChI=1S/C21H21Cl2N3O/c22-17-3-1-14(2-4-17)13-24-21(27)26-9-7-15(8-10-26)20-12-16-11-18(23)5-6-19(16)25-20/h1-6,11-12,15,25H,7-10,13H2,(H,24,27). The molecule has 0 spiro atoms. The second-order valence-electron chi connectivity index (χ2n) is 7.00. The molecule has 27 heavy (non-hydrogen) atoms. The summed E-state index contributed by atoms with van der Waals surface area (Å²) >= 11 is 12.0. The lowest BCUT2D eigenvalue weighted by Crippen LogP contribution is -2.43. The van der Waals surface area contributed by atoms with Gasteiger partial charge in [-0.1, -0.05) is 35.3 Å². The highest BCUT2D eigenvalue weighted by Crippen LogP contribution is 2.30. The van der Waals surface area contributed by atoms with Crippen LogP contribution < -0.4 is 5.32 Å². The van der Waals surface area contributed by atoms with Gasteiger partial charge >= 0.3 is 6.03 Å². The van der Waals surface area contributed by atoms with Gasteiger partial charge in [-0.15, -0.1) is 0 Å². The highest BCUT2D eigenvalue weighted by molar-refractivity contribution is 6.31. The monoisotopic (exact) mass is 401 g/mol. The average Bonchev–Trinajstić information content (AvgIpc) is 3.10. The highest BCUT2D eigenvalue weighted by atomic mass is 35.5. The van der Waals surface area contributed by atoms with Crippen molar-refractivity contribution in [1.82, 2.24) is 15.2 Å². The van der Waals surface area contributed by atoms with Gasteiger partial charge in [-0.25, -0.2) is 4.79 Å². The molecule has 1 saturated heterocycles. The number of urea groups is 1. The molecule has 6 heteroatoms. The number of nitrogens with zero attached hydrogens (tertiary/aromatic N) is 1. The number of carbonyl (C=O) groups is 1. The minimum Gasteiger partial charge on any atom is -0.358 e. The van der Waals surface area contributed by atoms with Crippen LogP contribution in [0.1, 0.15) is 30.0 Å². The Labute approximate surface area is 168 Å².